The van der Waals surface area contributed by atoms with Gasteiger partial charge in [-0.1, -0.05) is 26.8 Å². The number of aryl methyl sites for hydroxylation is 1. The van der Waals surface area contributed by atoms with E-state index in [2.05, 4.69) is 33.9 Å². The van der Waals surface area contributed by atoms with Crippen LogP contribution in [0.3, 0.4) is 0 Å². The first kappa shape index (κ1) is 16.8. The lowest BCUT2D eigenvalue weighted by atomic mass is 10.1. The summed E-state index contributed by atoms with van der Waals surface area (Å²) in [4.78, 5) is 13.9. The third-order valence-electron chi connectivity index (χ3n) is 3.95. The molecule has 4 heteroatoms. The number of hydrogen-bond donors (Lipinski definition) is 0. The lowest BCUT2D eigenvalue weighted by Gasteiger charge is -2.37. The fraction of sp³-hybridized carbons (Fsp3) is 0.562. The molecule has 0 unspecified atom stereocenters. The summed E-state index contributed by atoms with van der Waals surface area (Å²) >= 11 is 0. The Bertz CT molecular complexity index is 502. The number of hydrogen-bond acceptors (Lipinski definition) is 2. The summed E-state index contributed by atoms with van der Waals surface area (Å²) in [5.41, 5.74) is 1.75. The molecule has 112 valence electrons. The maximum absolute atomic E-state index is 12.3. The van der Waals surface area contributed by atoms with E-state index in [9.17, 15) is 4.79 Å². The van der Waals surface area contributed by atoms with Crippen LogP contribution in [-0.2, 0) is 0 Å². The first-order valence-electron chi connectivity index (χ1n) is 6.97. The Hall–Kier alpha value is -1.29. The summed E-state index contributed by atoms with van der Waals surface area (Å²) < 4.78 is 6.34. The van der Waals surface area contributed by atoms with E-state index < -0.39 is 8.32 Å². The van der Waals surface area contributed by atoms with Crippen molar-refractivity contribution < 1.29 is 9.22 Å². The molecule has 1 aromatic carbocycles. The van der Waals surface area contributed by atoms with E-state index in [0.717, 1.165) is 11.3 Å². The summed E-state index contributed by atoms with van der Waals surface area (Å²) in [5, 5.41) is 0.106. The predicted octanol–water partition coefficient (Wildman–Crippen LogP) is 4.08. The molecular weight excluding hydrogens is 266 g/mol. The fourth-order valence-corrected chi connectivity index (χ4v) is 2.58. The Balaban J connectivity index is 3.24. The number of benzene rings is 1. The highest BCUT2D eigenvalue weighted by atomic mass is 28.4. The Labute approximate surface area is 124 Å². The van der Waals surface area contributed by atoms with Gasteiger partial charge in [0.1, 0.15) is 5.75 Å². The number of amides is 1. The molecule has 0 saturated carbocycles. The third kappa shape index (κ3) is 3.63. The molecule has 1 rings (SSSR count). The fourth-order valence-electron chi connectivity index (χ4n) is 1.56. The van der Waals surface area contributed by atoms with Crippen molar-refractivity contribution in [2.24, 2.45) is 0 Å². The van der Waals surface area contributed by atoms with E-state index in [-0.39, 0.29) is 10.9 Å². The zero-order valence-corrected chi connectivity index (χ0v) is 15.0. The maximum Gasteiger partial charge on any atom is 0.257 e. The van der Waals surface area contributed by atoms with Crippen LogP contribution in [0.25, 0.3) is 0 Å². The SMILES string of the molecule is Cc1ccc(C(=O)N(C)C)c(O[Si](C)(C)C(C)(C)C)c1. The van der Waals surface area contributed by atoms with Crippen LogP contribution in [0.15, 0.2) is 18.2 Å². The van der Waals surface area contributed by atoms with Gasteiger partial charge in [0.25, 0.3) is 14.2 Å². The predicted molar refractivity (Wildman–Crippen MR) is 87.0 cm³/mol. The van der Waals surface area contributed by atoms with E-state index >= 15 is 0 Å². The van der Waals surface area contributed by atoms with Crippen molar-refractivity contribution in [1.82, 2.24) is 4.90 Å². The lowest BCUT2D eigenvalue weighted by molar-refractivity contribution is 0.0825. The minimum atomic E-state index is -1.95. The highest BCUT2D eigenvalue weighted by Gasteiger charge is 2.39. The molecule has 0 N–H and O–H groups in total. The monoisotopic (exact) mass is 293 g/mol. The third-order valence-corrected chi connectivity index (χ3v) is 8.29. The van der Waals surface area contributed by atoms with Crippen molar-refractivity contribution in [2.75, 3.05) is 14.1 Å². The van der Waals surface area contributed by atoms with Crippen molar-refractivity contribution >= 4 is 14.2 Å². The van der Waals surface area contributed by atoms with Crippen molar-refractivity contribution in [3.8, 4) is 5.75 Å². The average molecular weight is 293 g/mol. The van der Waals surface area contributed by atoms with Crippen molar-refractivity contribution in [2.45, 2.75) is 45.8 Å². The molecule has 0 saturated heterocycles. The molecule has 3 nitrogen and oxygen atoms in total. The van der Waals surface area contributed by atoms with Gasteiger partial charge >= 0.3 is 0 Å². The van der Waals surface area contributed by atoms with Crippen molar-refractivity contribution in [3.63, 3.8) is 0 Å². The van der Waals surface area contributed by atoms with Gasteiger partial charge in [-0.15, -0.1) is 0 Å². The largest absolute Gasteiger partial charge is 0.543 e. The number of carbonyl (C=O) groups excluding carboxylic acids is 1. The van der Waals surface area contributed by atoms with E-state index in [1.807, 2.05) is 25.1 Å². The van der Waals surface area contributed by atoms with E-state index in [4.69, 9.17) is 4.43 Å². The number of rotatable bonds is 3. The number of carbonyl (C=O) groups is 1. The second-order valence-electron chi connectivity index (χ2n) is 7.06. The molecular formula is C16H27NO2Si. The van der Waals surface area contributed by atoms with Gasteiger partial charge in [0.05, 0.1) is 5.56 Å². The van der Waals surface area contributed by atoms with Gasteiger partial charge in [-0.2, -0.15) is 0 Å². The average Bonchev–Trinajstić information content (AvgIpc) is 2.26. The van der Waals surface area contributed by atoms with Crippen LogP contribution in [0.1, 0.15) is 36.7 Å². The molecule has 0 aliphatic carbocycles. The molecule has 0 aliphatic heterocycles. The molecule has 0 heterocycles. The molecule has 1 amide bonds. The van der Waals surface area contributed by atoms with Crippen molar-refractivity contribution in [3.05, 3.63) is 29.3 Å². The highest BCUT2D eigenvalue weighted by Crippen LogP contribution is 2.38. The van der Waals surface area contributed by atoms with Gasteiger partial charge in [-0.25, -0.2) is 0 Å². The molecule has 0 spiro atoms. The molecule has 20 heavy (non-hydrogen) atoms. The quantitative estimate of drug-likeness (QED) is 0.786. The van der Waals surface area contributed by atoms with Gasteiger partial charge < -0.3 is 9.33 Å². The molecule has 0 atom stereocenters. The zero-order valence-electron chi connectivity index (χ0n) is 14.0. The maximum atomic E-state index is 12.3. The summed E-state index contributed by atoms with van der Waals surface area (Å²) in [6, 6.07) is 5.78. The molecule has 1 aromatic rings. The first-order valence-corrected chi connectivity index (χ1v) is 9.88. The van der Waals surface area contributed by atoms with Crippen LogP contribution in [-0.4, -0.2) is 33.2 Å². The molecule has 0 fully saturated rings. The van der Waals surface area contributed by atoms with E-state index in [0.29, 0.717) is 5.56 Å². The second kappa shape index (κ2) is 5.60. The van der Waals surface area contributed by atoms with Gasteiger partial charge in [-0.3, -0.25) is 4.79 Å². The van der Waals surface area contributed by atoms with Gasteiger partial charge in [0.2, 0.25) is 0 Å². The van der Waals surface area contributed by atoms with Crippen LogP contribution in [0, 0.1) is 6.92 Å². The molecule has 0 aromatic heterocycles. The van der Waals surface area contributed by atoms with E-state index in [1.165, 1.54) is 0 Å². The second-order valence-corrected chi connectivity index (χ2v) is 11.8. The Kier molecular flexibility index (Phi) is 4.69. The van der Waals surface area contributed by atoms with Gasteiger partial charge in [0.15, 0.2) is 0 Å². The Morgan fingerprint density at radius 2 is 1.75 bits per heavy atom. The molecule has 0 radical (unpaired) electrons. The van der Waals surface area contributed by atoms with E-state index in [1.54, 1.807) is 19.0 Å². The highest BCUT2D eigenvalue weighted by molar-refractivity contribution is 6.74. The topological polar surface area (TPSA) is 29.5 Å². The summed E-state index contributed by atoms with van der Waals surface area (Å²) in [6.07, 6.45) is 0. The lowest BCUT2D eigenvalue weighted by Crippen LogP contribution is -2.44. The Morgan fingerprint density at radius 3 is 2.20 bits per heavy atom. The zero-order chi connectivity index (χ0) is 15.7. The summed E-state index contributed by atoms with van der Waals surface area (Å²) in [5.74, 6) is 0.703. The Morgan fingerprint density at radius 1 is 1.20 bits per heavy atom. The van der Waals surface area contributed by atoms with Crippen LogP contribution < -0.4 is 4.43 Å². The molecule has 0 aliphatic rings. The van der Waals surface area contributed by atoms with Crippen LogP contribution in [0.4, 0.5) is 0 Å². The smallest absolute Gasteiger partial charge is 0.257 e. The van der Waals surface area contributed by atoms with Gasteiger partial charge in [-0.05, 0) is 42.8 Å². The van der Waals surface area contributed by atoms with Crippen LogP contribution >= 0.6 is 0 Å². The molecule has 0 bridgehead atoms. The van der Waals surface area contributed by atoms with Crippen LogP contribution in [0.2, 0.25) is 18.1 Å². The minimum absolute atomic E-state index is 0.0151. The van der Waals surface area contributed by atoms with Crippen LogP contribution in [0.5, 0.6) is 5.75 Å². The van der Waals surface area contributed by atoms with Crippen molar-refractivity contribution in [1.29, 1.82) is 0 Å². The van der Waals surface area contributed by atoms with Gasteiger partial charge in [0, 0.05) is 14.1 Å². The summed E-state index contributed by atoms with van der Waals surface area (Å²) in [7, 11) is 1.57. The minimum Gasteiger partial charge on any atom is -0.543 e. The normalized spacial score (nSPS) is 12.2. The summed E-state index contributed by atoms with van der Waals surface area (Å²) in [6.45, 7) is 13.0. The first-order chi connectivity index (χ1) is 8.95. The number of nitrogens with zero attached hydrogens (tertiary/aromatic N) is 1. The standard InChI is InChI=1S/C16H27NO2Si/c1-12-9-10-13(15(18)17(5)6)14(11-12)19-20(7,8)16(2,3)4/h9-11H,1-8H3.